The van der Waals surface area contributed by atoms with Crippen LogP contribution in [0.25, 0.3) is 87.3 Å². The molecule has 0 spiro atoms. The number of rotatable bonds is 20. The minimum Gasteiger partial charge on any atom is -0.494 e. The van der Waals surface area contributed by atoms with Crippen LogP contribution in [0.2, 0.25) is 30.1 Å². The molecule has 5 heterocycles. The van der Waals surface area contributed by atoms with E-state index in [-0.39, 0.29) is 163 Å². The fraction of sp³-hybridized carbons (Fsp3) is 0.133. The van der Waals surface area contributed by atoms with Crippen LogP contribution in [0.15, 0.2) is 99.6 Å². The average Bonchev–Trinajstić information content (AvgIpc) is 0.803. The van der Waals surface area contributed by atoms with Crippen molar-refractivity contribution in [3.8, 4) is 68.4 Å². The lowest BCUT2D eigenvalue weighted by Crippen LogP contribution is -2.14. The Labute approximate surface area is 689 Å². The Morgan fingerprint density at radius 3 is 1.02 bits per heavy atom. The van der Waals surface area contributed by atoms with Crippen LogP contribution in [-0.2, 0) is 23.7 Å². The van der Waals surface area contributed by atoms with Crippen LogP contribution >= 0.6 is 69.6 Å². The smallest absolute Gasteiger partial charge is 0.387 e. The fourth-order valence-corrected chi connectivity index (χ4v) is 11.3. The SMILES string of the molecule is C=Cc1c(N)nc(-c2ccc(Cl)c(C(F)F)c2F)nc1C(=O)OC.C=Cc1c(N)nc(-c2ccc(Cl)c(F)c2)nc1C(=O)OC.C=Cc1c(N)nc(-c2ccc(Cl)c(N(C)C)c2F)nc1C(=O)OC.C=Cc1c(N)nc(-c2ccc(Cl)c(OC(F)F)c2F)nc1C(=O)OC.C=Cc1c(N)nc(-c2ccc(Cl)c(OC)c2Cl)nc1C(=O)OC. The summed E-state index contributed by atoms with van der Waals surface area (Å²) >= 11 is 35.2. The minimum atomic E-state index is -3.29. The molecule has 0 atom stereocenters. The second kappa shape index (κ2) is 41.4. The van der Waals surface area contributed by atoms with Gasteiger partial charge in [0, 0.05) is 53.0 Å². The summed E-state index contributed by atoms with van der Waals surface area (Å²) in [4.78, 5) is 101. The molecular weight excluding hydrogens is 1680 g/mol. The monoisotopic (exact) mass is 1740 g/mol. The summed E-state index contributed by atoms with van der Waals surface area (Å²) < 4.78 is 140. The third-order valence-electron chi connectivity index (χ3n) is 15.3. The van der Waals surface area contributed by atoms with Gasteiger partial charge in [-0.25, -0.2) is 100 Å². The number of aromatic nitrogens is 10. The highest BCUT2D eigenvalue weighted by atomic mass is 35.5. The maximum absolute atomic E-state index is 14.8. The lowest BCUT2D eigenvalue weighted by Gasteiger charge is -2.17. The molecule has 0 saturated carbocycles. The van der Waals surface area contributed by atoms with Gasteiger partial charge >= 0.3 is 36.5 Å². The molecule has 0 radical (unpaired) electrons. The van der Waals surface area contributed by atoms with Gasteiger partial charge in [0.2, 0.25) is 0 Å². The van der Waals surface area contributed by atoms with Crippen molar-refractivity contribution in [3.63, 3.8) is 0 Å². The number of carbonyl (C=O) groups is 5. The third-order valence-corrected chi connectivity index (χ3v) is 17.2. The molecule has 612 valence electrons. The van der Waals surface area contributed by atoms with Crippen LogP contribution in [0.1, 0.15) is 92.2 Å². The number of esters is 5. The molecule has 0 aliphatic heterocycles. The third kappa shape index (κ3) is 21.4. The van der Waals surface area contributed by atoms with Gasteiger partial charge in [-0.15, -0.1) is 0 Å². The number of anilines is 6. The van der Waals surface area contributed by atoms with E-state index < -0.39 is 82.5 Å². The summed E-state index contributed by atoms with van der Waals surface area (Å²) in [6, 6.07) is 14.6. The Balaban J connectivity index is 0.000000227. The number of nitrogens with zero attached hydrogens (tertiary/aromatic N) is 11. The van der Waals surface area contributed by atoms with E-state index in [1.165, 1.54) is 88.0 Å². The molecule has 0 aliphatic carbocycles. The number of alkyl halides is 4. The van der Waals surface area contributed by atoms with Crippen molar-refractivity contribution in [3.05, 3.63) is 215 Å². The molecule has 0 saturated heterocycles. The Morgan fingerprint density at radius 2 is 0.692 bits per heavy atom. The van der Waals surface area contributed by atoms with Crippen LogP contribution in [-0.4, -0.2) is 143 Å². The summed E-state index contributed by atoms with van der Waals surface area (Å²) in [6.07, 6.45) is 3.41. The van der Waals surface area contributed by atoms with Crippen LogP contribution < -0.4 is 43.0 Å². The molecule has 117 heavy (non-hydrogen) atoms. The van der Waals surface area contributed by atoms with Crippen molar-refractivity contribution < 1.29 is 92.3 Å². The number of nitrogens with two attached hydrogens (primary N) is 5. The zero-order valence-electron chi connectivity index (χ0n) is 61.9. The second-order valence-electron chi connectivity index (χ2n) is 22.4. The van der Waals surface area contributed by atoms with Gasteiger partial charge < -0.3 is 66.7 Å². The predicted octanol–water partition coefficient (Wildman–Crippen LogP) is 16.9. The highest BCUT2D eigenvalue weighted by Crippen LogP contribution is 2.42. The summed E-state index contributed by atoms with van der Waals surface area (Å²) in [5.74, 6) is -8.86. The average molecular weight is 1740 g/mol. The molecule has 0 bridgehead atoms. The van der Waals surface area contributed by atoms with Crippen LogP contribution in [0.4, 0.5) is 69.9 Å². The minimum absolute atomic E-state index is 0.00356. The van der Waals surface area contributed by atoms with E-state index >= 15 is 0 Å². The van der Waals surface area contributed by atoms with Gasteiger partial charge in [0.15, 0.2) is 80.7 Å². The van der Waals surface area contributed by atoms with Crippen LogP contribution in [0.3, 0.4) is 0 Å². The summed E-state index contributed by atoms with van der Waals surface area (Å²) in [5.41, 5.74) is 28.6. The van der Waals surface area contributed by atoms with Crippen molar-refractivity contribution in [2.75, 3.05) is 90.3 Å². The van der Waals surface area contributed by atoms with E-state index in [9.17, 15) is 59.1 Å². The lowest BCUT2D eigenvalue weighted by atomic mass is 10.1. The lowest BCUT2D eigenvalue weighted by molar-refractivity contribution is -0.0520. The van der Waals surface area contributed by atoms with Gasteiger partial charge in [-0.05, 0) is 66.7 Å². The molecule has 42 heteroatoms. The maximum Gasteiger partial charge on any atom is 0.387 e. The molecule has 0 fully saturated rings. The van der Waals surface area contributed by atoms with E-state index in [4.69, 9.17) is 108 Å². The number of nitrogen functional groups attached to an aromatic ring is 5. The molecule has 10 N–H and O–H groups in total. The summed E-state index contributed by atoms with van der Waals surface area (Å²) in [6.45, 7) is 14.4. The number of halogens is 14. The Morgan fingerprint density at radius 1 is 0.393 bits per heavy atom. The van der Waals surface area contributed by atoms with Gasteiger partial charge in [0.05, 0.1) is 101 Å². The van der Waals surface area contributed by atoms with Crippen molar-refractivity contribution in [1.29, 1.82) is 0 Å². The predicted molar refractivity (Wildman–Crippen MR) is 429 cm³/mol. The van der Waals surface area contributed by atoms with Crippen LogP contribution in [0, 0.1) is 23.3 Å². The summed E-state index contributed by atoms with van der Waals surface area (Å²) in [5, 5.41) is -0.0417. The van der Waals surface area contributed by atoms with E-state index in [2.05, 4.69) is 106 Å². The topological polar surface area (TPSA) is 412 Å². The Hall–Kier alpha value is -12.9. The van der Waals surface area contributed by atoms with Crippen molar-refractivity contribution in [2.24, 2.45) is 0 Å². The van der Waals surface area contributed by atoms with Crippen LogP contribution in [0.5, 0.6) is 11.5 Å². The first kappa shape index (κ1) is 93.0. The van der Waals surface area contributed by atoms with Gasteiger partial charge in [-0.3, -0.25) is 0 Å². The first-order chi connectivity index (χ1) is 55.3. The van der Waals surface area contributed by atoms with E-state index in [1.807, 2.05) is 0 Å². The van der Waals surface area contributed by atoms with E-state index in [0.29, 0.717) is 16.1 Å². The van der Waals surface area contributed by atoms with Crippen molar-refractivity contribution >= 4 is 165 Å². The molecule has 5 aromatic carbocycles. The number of hydrogen-bond donors (Lipinski definition) is 5. The number of benzene rings is 5. The highest BCUT2D eigenvalue weighted by molar-refractivity contribution is 6.39. The second-order valence-corrected chi connectivity index (χ2v) is 24.8. The quantitative estimate of drug-likeness (QED) is 0.0269. The van der Waals surface area contributed by atoms with Gasteiger partial charge in [-0.2, -0.15) is 8.78 Å². The zero-order chi connectivity index (χ0) is 87.5. The largest absolute Gasteiger partial charge is 0.494 e. The maximum atomic E-state index is 14.8. The van der Waals surface area contributed by atoms with E-state index in [1.54, 1.807) is 26.2 Å². The number of carbonyl (C=O) groups excluding carboxylic acids is 5. The van der Waals surface area contributed by atoms with Crippen molar-refractivity contribution in [2.45, 2.75) is 13.0 Å². The van der Waals surface area contributed by atoms with Gasteiger partial charge in [-0.1, -0.05) is 133 Å². The molecule has 10 aromatic rings. The molecular formula is C75H62Cl6F8N16O12. The van der Waals surface area contributed by atoms with E-state index in [0.717, 1.165) is 44.6 Å². The Kier molecular flexibility index (Phi) is 32.9. The normalized spacial score (nSPS) is 10.5. The first-order valence-electron chi connectivity index (χ1n) is 32.1. The molecule has 10 rings (SSSR count). The van der Waals surface area contributed by atoms with Crippen molar-refractivity contribution in [1.82, 2.24) is 49.8 Å². The van der Waals surface area contributed by atoms with Gasteiger partial charge in [0.25, 0.3) is 6.43 Å². The first-order valence-corrected chi connectivity index (χ1v) is 34.4. The zero-order valence-corrected chi connectivity index (χ0v) is 66.5. The Bertz CT molecular complexity index is 5450. The number of hydrogen-bond acceptors (Lipinski definition) is 28. The number of methoxy groups -OCH3 is 6. The summed E-state index contributed by atoms with van der Waals surface area (Å²) in [7, 11) is 10.6. The highest BCUT2D eigenvalue weighted by Gasteiger charge is 2.30. The molecule has 5 aromatic heterocycles. The molecule has 0 amide bonds. The molecule has 0 aliphatic rings. The number of ether oxygens (including phenoxy) is 7. The molecule has 28 nitrogen and oxygen atoms in total. The standard InChI is InChI=1S/C16H16ClFN4O2.C15H13Cl2N3O3.C15H11ClF3N3O3.C15H11ClF3N3O2.C14H11ClFN3O2/c1-5-8-12(16(23)24-4)20-15(21-14(8)19)9-6-7-10(17)13(11(9)18)22(2)3;1-4-7-11(15(21)23-3)19-14(20-13(7)18)8-5-6-9(16)12(22-2)10(8)17;1-3-6-10(14(23)24-2)21-13(22-12(6)20)7-4-5-8(16)11(9(7)17)25-15(18)19;1-3-6-11(15(23)24-2)21-14(22-13(6)20)7-4-5-8(16)9(10(7)17)12(18)19;1-3-8-11(14(20)21-2)18-13(19-12(8)17)7-4-5-9(15)10(16)6-7/h5-7H,1H2,2-4H3,(H2,19,20,21);4-6H,1H2,2-3H3,(H2,18,19,20);3-5,15H,1H2,2H3,(H2,20,21,22);3-5,12H,1H2,2H3,(H2,20,21,22);3-6H,1H2,2H3,(H2,17,18,19). The molecule has 0 unspecified atom stereocenters. The van der Waals surface area contributed by atoms with Gasteiger partial charge in [0.1, 0.15) is 40.7 Å². The fourth-order valence-electron chi connectivity index (χ4n) is 9.81.